The first-order valence-electron chi connectivity index (χ1n) is 4.76. The van der Waals surface area contributed by atoms with Crippen LogP contribution in [-0.4, -0.2) is 7.11 Å². The molecular formula is C14H13FeNO3. The van der Waals surface area contributed by atoms with Crippen molar-refractivity contribution in [2.24, 2.45) is 0 Å². The number of benzene rings is 1. The third-order valence-corrected chi connectivity index (χ3v) is 1.65. The minimum Gasteiger partial charge on any atom is -0.214 e. The minimum atomic E-state index is 0. The number of ether oxygens (including phenoxy) is 1. The van der Waals surface area contributed by atoms with E-state index in [9.17, 15) is 0 Å². The van der Waals surface area contributed by atoms with Gasteiger partial charge in [0.1, 0.15) is 5.75 Å². The SMILES string of the molecule is COc1ccc([NH-])cc1.[C-]#[O+].[C-]#[O+].[Fe+2].c1cc[cH-]c1. The standard InChI is InChI=1S/C7H8NO.C5H5.2CO.Fe/c1-9-7-4-2-6(8)3-5-7;1-2-4-5-3-1;2*1-2;/h2-5,8H,1H3;1-5H;;;/q2*-1;;;+2. The van der Waals surface area contributed by atoms with Gasteiger partial charge in [0, 0.05) is 0 Å². The number of rotatable bonds is 1. The average molecular weight is 299 g/mol. The molecule has 0 spiro atoms. The molecule has 2 aromatic rings. The third kappa shape index (κ3) is 14.1. The van der Waals surface area contributed by atoms with E-state index < -0.39 is 0 Å². The van der Waals surface area contributed by atoms with Crippen LogP contribution in [-0.2, 0) is 26.4 Å². The molecule has 0 atom stereocenters. The first-order chi connectivity index (χ1) is 8.83. The molecule has 0 unspecified atom stereocenters. The summed E-state index contributed by atoms with van der Waals surface area (Å²) in [6.45, 7) is 9.00. The molecule has 100 valence electrons. The summed E-state index contributed by atoms with van der Waals surface area (Å²) in [5.74, 6) is 0.797. The quantitative estimate of drug-likeness (QED) is 0.449. The summed E-state index contributed by atoms with van der Waals surface area (Å²) >= 11 is 0. The molecule has 19 heavy (non-hydrogen) atoms. The summed E-state index contributed by atoms with van der Waals surface area (Å²) in [7, 11) is 1.61. The smallest absolute Gasteiger partial charge is 0.214 e. The summed E-state index contributed by atoms with van der Waals surface area (Å²) in [5.41, 5.74) is 7.62. The van der Waals surface area contributed by atoms with Crippen LogP contribution < -0.4 is 4.74 Å². The maximum atomic E-state index is 7.50. The second-order valence-electron chi connectivity index (χ2n) is 2.69. The Morgan fingerprint density at radius 3 is 1.68 bits per heavy atom. The molecule has 0 aliphatic carbocycles. The first-order valence-corrected chi connectivity index (χ1v) is 4.76. The molecule has 0 fully saturated rings. The number of hydrogen-bond donors (Lipinski definition) is 0. The van der Waals surface area contributed by atoms with Crippen LogP contribution in [0.4, 0.5) is 5.69 Å². The average Bonchev–Trinajstić information content (AvgIpc) is 3.03. The second kappa shape index (κ2) is 18.5. The molecule has 0 saturated heterocycles. The first kappa shape index (κ1) is 22.4. The van der Waals surface area contributed by atoms with Crippen molar-refractivity contribution in [1.29, 1.82) is 0 Å². The maximum absolute atomic E-state index is 7.50. The van der Waals surface area contributed by atoms with E-state index in [1.54, 1.807) is 31.4 Å². The van der Waals surface area contributed by atoms with Gasteiger partial charge in [-0.1, -0.05) is 12.1 Å². The van der Waals surface area contributed by atoms with Crippen LogP contribution in [0.5, 0.6) is 5.75 Å². The fourth-order valence-electron chi connectivity index (χ4n) is 0.912. The van der Waals surface area contributed by atoms with Crippen LogP contribution in [0.15, 0.2) is 54.6 Å². The topological polar surface area (TPSA) is 72.8 Å². The Morgan fingerprint density at radius 2 is 1.42 bits per heavy atom. The third-order valence-electron chi connectivity index (χ3n) is 1.65. The normalized spacial score (nSPS) is 6.58. The Bertz CT molecular complexity index is 384. The predicted octanol–water partition coefficient (Wildman–Crippen LogP) is 3.71. The van der Waals surface area contributed by atoms with Gasteiger partial charge in [-0.25, -0.2) is 12.1 Å². The van der Waals surface area contributed by atoms with E-state index in [4.69, 9.17) is 19.8 Å². The summed E-state index contributed by atoms with van der Waals surface area (Å²) in [6.07, 6.45) is 0. The minimum absolute atomic E-state index is 0. The number of methoxy groups -OCH3 is 1. The number of hydrogen-bond acceptors (Lipinski definition) is 1. The zero-order valence-corrected chi connectivity index (χ0v) is 11.4. The van der Waals surface area contributed by atoms with Crippen LogP contribution in [0.3, 0.4) is 0 Å². The molecule has 0 aliphatic heterocycles. The van der Waals surface area contributed by atoms with Crippen molar-refractivity contribution in [3.05, 3.63) is 73.6 Å². The van der Waals surface area contributed by atoms with E-state index >= 15 is 0 Å². The van der Waals surface area contributed by atoms with Crippen molar-refractivity contribution in [3.8, 4) is 5.75 Å². The Balaban J connectivity index is -0.000000220. The Labute approximate surface area is 123 Å². The van der Waals surface area contributed by atoms with Crippen molar-refractivity contribution in [2.75, 3.05) is 7.11 Å². The van der Waals surface area contributed by atoms with E-state index in [0.717, 1.165) is 5.75 Å². The van der Waals surface area contributed by atoms with Crippen LogP contribution in [0.2, 0.25) is 0 Å². The molecule has 0 heterocycles. The Hall–Kier alpha value is -1.83. The van der Waals surface area contributed by atoms with Gasteiger partial charge in [-0.05, 0) is 12.1 Å². The van der Waals surface area contributed by atoms with Gasteiger partial charge in [0.05, 0.1) is 7.11 Å². The molecule has 0 saturated carbocycles. The van der Waals surface area contributed by atoms with Crippen molar-refractivity contribution in [3.63, 3.8) is 0 Å². The van der Waals surface area contributed by atoms with Crippen molar-refractivity contribution in [2.45, 2.75) is 0 Å². The molecule has 0 amide bonds. The van der Waals surface area contributed by atoms with Crippen LogP contribution in [0.1, 0.15) is 0 Å². The van der Waals surface area contributed by atoms with Crippen LogP contribution in [0, 0.1) is 13.3 Å². The Morgan fingerprint density at radius 1 is 1.00 bits per heavy atom. The molecule has 2 aromatic carbocycles. The monoisotopic (exact) mass is 299 g/mol. The molecule has 0 aromatic heterocycles. The summed E-state index contributed by atoms with van der Waals surface area (Å²) in [4.78, 5) is 0. The molecule has 0 bridgehead atoms. The van der Waals surface area contributed by atoms with Crippen molar-refractivity contribution < 1.29 is 31.1 Å². The molecular weight excluding hydrogens is 286 g/mol. The van der Waals surface area contributed by atoms with E-state index in [1.807, 2.05) is 30.3 Å². The molecule has 1 N–H and O–H groups in total. The molecule has 5 heteroatoms. The zero-order valence-electron chi connectivity index (χ0n) is 10.3. The predicted molar refractivity (Wildman–Crippen MR) is 66.9 cm³/mol. The zero-order chi connectivity index (χ0) is 14.2. The van der Waals surface area contributed by atoms with Crippen molar-refractivity contribution >= 4 is 5.69 Å². The van der Waals surface area contributed by atoms with Gasteiger partial charge in [-0.2, -0.15) is 18.2 Å². The molecule has 4 nitrogen and oxygen atoms in total. The van der Waals surface area contributed by atoms with Gasteiger partial charge in [-0.15, -0.1) is 5.69 Å². The number of nitrogens with one attached hydrogen (secondary N) is 1. The van der Waals surface area contributed by atoms with E-state index in [2.05, 4.69) is 13.3 Å². The summed E-state index contributed by atoms with van der Waals surface area (Å²) in [5, 5.41) is 0. The largest absolute Gasteiger partial charge is 2.00 e. The van der Waals surface area contributed by atoms with Crippen LogP contribution >= 0.6 is 0 Å². The molecule has 0 aliphatic rings. The van der Waals surface area contributed by atoms with E-state index in [-0.39, 0.29) is 17.1 Å². The van der Waals surface area contributed by atoms with Gasteiger partial charge in [0.25, 0.3) is 0 Å². The van der Waals surface area contributed by atoms with Gasteiger partial charge in [0.15, 0.2) is 0 Å². The van der Waals surface area contributed by atoms with E-state index in [1.165, 1.54) is 0 Å². The molecule has 0 radical (unpaired) electrons. The van der Waals surface area contributed by atoms with E-state index in [0.29, 0.717) is 5.69 Å². The maximum Gasteiger partial charge on any atom is 2.00 e. The van der Waals surface area contributed by atoms with Crippen LogP contribution in [0.25, 0.3) is 5.73 Å². The summed E-state index contributed by atoms with van der Waals surface area (Å²) in [6, 6.07) is 16.9. The van der Waals surface area contributed by atoms with Gasteiger partial charge in [-0.3, -0.25) is 0 Å². The summed E-state index contributed by atoms with van der Waals surface area (Å²) < 4.78 is 19.9. The Kier molecular flexibility index (Phi) is 21.8. The van der Waals surface area contributed by atoms with Crippen molar-refractivity contribution in [1.82, 2.24) is 0 Å². The van der Waals surface area contributed by atoms with Gasteiger partial charge >= 0.3 is 39.7 Å². The molecule has 2 rings (SSSR count). The fraction of sp³-hybridized carbons (Fsp3) is 0.0714. The fourth-order valence-corrected chi connectivity index (χ4v) is 0.912. The van der Waals surface area contributed by atoms with Gasteiger partial charge < -0.3 is 10.5 Å². The second-order valence-corrected chi connectivity index (χ2v) is 2.69. The van der Waals surface area contributed by atoms with Gasteiger partial charge in [0.2, 0.25) is 0 Å².